The Morgan fingerprint density at radius 3 is 2.24 bits per heavy atom. The van der Waals surface area contributed by atoms with E-state index in [9.17, 15) is 15.0 Å². The summed E-state index contributed by atoms with van der Waals surface area (Å²) in [6, 6.07) is -0.870. The molecule has 3 N–H and O–H groups in total. The number of carbonyl (C=O) groups excluding carboxylic acids is 1. The Morgan fingerprint density at radius 1 is 1.24 bits per heavy atom. The molecular weight excluding hydrogens is 338 g/mol. The zero-order valence-electron chi connectivity index (χ0n) is 17.0. The van der Waals surface area contributed by atoms with E-state index in [4.69, 9.17) is 9.16 Å². The van der Waals surface area contributed by atoms with Gasteiger partial charge in [-0.25, -0.2) is 0 Å². The van der Waals surface area contributed by atoms with E-state index in [0.29, 0.717) is 13.0 Å². The maximum atomic E-state index is 12.4. The second kappa shape index (κ2) is 8.04. The molecule has 7 heteroatoms. The van der Waals surface area contributed by atoms with Crippen molar-refractivity contribution in [2.45, 2.75) is 89.9 Å². The van der Waals surface area contributed by atoms with Crippen LogP contribution in [0.2, 0.25) is 18.1 Å². The third-order valence-electron chi connectivity index (χ3n) is 5.20. The summed E-state index contributed by atoms with van der Waals surface area (Å²) >= 11 is 0. The molecule has 0 bridgehead atoms. The summed E-state index contributed by atoms with van der Waals surface area (Å²) in [6.07, 6.45) is -0.397. The van der Waals surface area contributed by atoms with Crippen LogP contribution in [0, 0.1) is 5.92 Å². The number of hydrogen-bond donors (Lipinski definition) is 3. The molecule has 0 aromatic rings. The normalized spacial score (nSPS) is 26.6. The number of rotatable bonds is 6. The van der Waals surface area contributed by atoms with E-state index in [1.807, 2.05) is 20.8 Å². The monoisotopic (exact) mass is 375 g/mol. The maximum absolute atomic E-state index is 12.4. The smallest absolute Gasteiger partial charge is 0.323 e. The molecule has 6 nitrogen and oxygen atoms in total. The van der Waals surface area contributed by atoms with Crippen LogP contribution in [0.1, 0.15) is 48.0 Å². The zero-order chi connectivity index (χ0) is 19.6. The van der Waals surface area contributed by atoms with E-state index in [0.717, 1.165) is 0 Å². The van der Waals surface area contributed by atoms with Crippen molar-refractivity contribution in [1.29, 1.82) is 0 Å². The summed E-state index contributed by atoms with van der Waals surface area (Å²) in [4.78, 5) is 12.4. The zero-order valence-corrected chi connectivity index (χ0v) is 18.0. The number of esters is 1. The first kappa shape index (κ1) is 22.6. The van der Waals surface area contributed by atoms with Gasteiger partial charge in [0.1, 0.15) is 11.6 Å². The van der Waals surface area contributed by atoms with E-state index < -0.39 is 26.1 Å². The highest BCUT2D eigenvalue weighted by atomic mass is 28.4. The molecule has 1 rings (SSSR count). The Bertz CT molecular complexity index is 455. The van der Waals surface area contributed by atoms with Crippen LogP contribution in [0.3, 0.4) is 0 Å². The molecule has 0 spiro atoms. The van der Waals surface area contributed by atoms with Crippen molar-refractivity contribution in [3.8, 4) is 0 Å². The van der Waals surface area contributed by atoms with E-state index >= 15 is 0 Å². The molecule has 1 saturated heterocycles. The predicted octanol–water partition coefficient (Wildman–Crippen LogP) is 2.05. The molecule has 25 heavy (non-hydrogen) atoms. The van der Waals surface area contributed by atoms with Crippen LogP contribution in [0.15, 0.2) is 0 Å². The van der Waals surface area contributed by atoms with Gasteiger partial charge in [0.25, 0.3) is 0 Å². The minimum absolute atomic E-state index is 0.0474. The van der Waals surface area contributed by atoms with Gasteiger partial charge in [-0.3, -0.25) is 10.1 Å². The molecule has 1 aliphatic heterocycles. The van der Waals surface area contributed by atoms with Crippen molar-refractivity contribution in [1.82, 2.24) is 5.32 Å². The molecule has 0 radical (unpaired) electrons. The lowest BCUT2D eigenvalue weighted by Crippen LogP contribution is -2.48. The molecule has 0 saturated carbocycles. The molecule has 1 heterocycles. The average Bonchev–Trinajstić information content (AvgIpc) is 2.85. The average molecular weight is 376 g/mol. The molecule has 1 unspecified atom stereocenters. The summed E-state index contributed by atoms with van der Waals surface area (Å²) < 4.78 is 11.7. The van der Waals surface area contributed by atoms with Crippen molar-refractivity contribution in [2.75, 3.05) is 13.2 Å². The topological polar surface area (TPSA) is 88.0 Å². The number of nitrogens with one attached hydrogen (secondary N) is 1. The summed E-state index contributed by atoms with van der Waals surface area (Å²) in [7, 11) is -1.92. The number of aliphatic hydroxyl groups excluding tert-OH is 2. The fraction of sp³-hybridized carbons (Fsp3) is 0.944. The van der Waals surface area contributed by atoms with Crippen LogP contribution >= 0.6 is 0 Å². The van der Waals surface area contributed by atoms with E-state index in [1.165, 1.54) is 0 Å². The second-order valence-electron chi connectivity index (χ2n) is 9.60. The van der Waals surface area contributed by atoms with Gasteiger partial charge < -0.3 is 19.4 Å². The highest BCUT2D eigenvalue weighted by molar-refractivity contribution is 6.74. The van der Waals surface area contributed by atoms with E-state index in [1.54, 1.807) is 0 Å². The standard InChI is InChI=1S/C18H37NO5Si/c1-17(2,3)24-16(22)13-9-12(15(19-13)14(21)10-20)11-23-25(7,8)18(4,5)6/h12-15,19-21H,9-11H2,1-8H3/t12-,13+,14?,15+/m0/s1. The number of carbonyl (C=O) groups is 1. The quantitative estimate of drug-likeness (QED) is 0.486. The van der Waals surface area contributed by atoms with Crippen molar-refractivity contribution in [3.63, 3.8) is 0 Å². The highest BCUT2D eigenvalue weighted by Crippen LogP contribution is 2.37. The third kappa shape index (κ3) is 6.32. The van der Waals surface area contributed by atoms with Crippen LogP contribution in [-0.2, 0) is 14.0 Å². The van der Waals surface area contributed by atoms with Crippen molar-refractivity contribution < 1.29 is 24.2 Å². The summed E-state index contributed by atoms with van der Waals surface area (Å²) in [5.74, 6) is -0.369. The van der Waals surface area contributed by atoms with Crippen LogP contribution in [-0.4, -0.2) is 61.5 Å². The molecule has 0 amide bonds. The van der Waals surface area contributed by atoms with Crippen LogP contribution in [0.5, 0.6) is 0 Å². The van der Waals surface area contributed by atoms with Gasteiger partial charge in [-0.1, -0.05) is 20.8 Å². The fourth-order valence-corrected chi connectivity index (χ4v) is 3.73. The van der Waals surface area contributed by atoms with Gasteiger partial charge in [-0.2, -0.15) is 0 Å². The van der Waals surface area contributed by atoms with Gasteiger partial charge in [0.2, 0.25) is 0 Å². The first-order valence-corrected chi connectivity index (χ1v) is 12.0. The van der Waals surface area contributed by atoms with Crippen LogP contribution in [0.25, 0.3) is 0 Å². The number of aliphatic hydroxyl groups is 2. The Morgan fingerprint density at radius 2 is 1.80 bits per heavy atom. The molecule has 148 valence electrons. The lowest BCUT2D eigenvalue weighted by Gasteiger charge is -2.37. The van der Waals surface area contributed by atoms with E-state index in [2.05, 4.69) is 39.2 Å². The molecule has 1 fully saturated rings. The van der Waals surface area contributed by atoms with Crippen LogP contribution < -0.4 is 5.32 Å². The summed E-state index contributed by atoms with van der Waals surface area (Å²) in [6.45, 7) is 16.5. The lowest BCUT2D eigenvalue weighted by atomic mass is 9.96. The number of hydrogen-bond acceptors (Lipinski definition) is 6. The third-order valence-corrected chi connectivity index (χ3v) is 9.70. The first-order valence-electron chi connectivity index (χ1n) is 9.10. The van der Waals surface area contributed by atoms with E-state index in [-0.39, 0.29) is 29.6 Å². The fourth-order valence-electron chi connectivity index (χ4n) is 2.67. The molecule has 0 aliphatic carbocycles. The second-order valence-corrected chi connectivity index (χ2v) is 14.4. The lowest BCUT2D eigenvalue weighted by molar-refractivity contribution is -0.157. The highest BCUT2D eigenvalue weighted by Gasteiger charge is 2.44. The maximum Gasteiger partial charge on any atom is 0.323 e. The minimum atomic E-state index is -1.92. The Hall–Kier alpha value is -0.473. The van der Waals surface area contributed by atoms with Crippen molar-refractivity contribution >= 4 is 14.3 Å². The minimum Gasteiger partial charge on any atom is -0.459 e. The van der Waals surface area contributed by atoms with Gasteiger partial charge in [0.15, 0.2) is 8.32 Å². The molecule has 1 aliphatic rings. The van der Waals surface area contributed by atoms with Crippen molar-refractivity contribution in [3.05, 3.63) is 0 Å². The van der Waals surface area contributed by atoms with Crippen LogP contribution in [0.4, 0.5) is 0 Å². The van der Waals surface area contributed by atoms with Gasteiger partial charge >= 0.3 is 5.97 Å². The largest absolute Gasteiger partial charge is 0.459 e. The number of ether oxygens (including phenoxy) is 1. The summed E-state index contributed by atoms with van der Waals surface area (Å²) in [5.41, 5.74) is -0.556. The van der Waals surface area contributed by atoms with Gasteiger partial charge in [-0.05, 0) is 45.3 Å². The Kier molecular flexibility index (Phi) is 7.26. The molecule has 0 aromatic heterocycles. The molecule has 4 atom stereocenters. The molecular formula is C18H37NO5Si. The molecule has 0 aromatic carbocycles. The van der Waals surface area contributed by atoms with Gasteiger partial charge in [0, 0.05) is 18.6 Å². The van der Waals surface area contributed by atoms with Crippen molar-refractivity contribution in [2.24, 2.45) is 5.92 Å². The Balaban J connectivity index is 2.80. The SMILES string of the molecule is CC(C)(C)OC(=O)[C@H]1C[C@@H](CO[Si](C)(C)C(C)(C)C)[C@H](C(O)CO)N1. The Labute approximate surface area is 153 Å². The first-order chi connectivity index (χ1) is 11.2. The predicted molar refractivity (Wildman–Crippen MR) is 101 cm³/mol. The summed E-state index contributed by atoms with van der Waals surface area (Å²) in [5, 5.41) is 22.7. The van der Waals surface area contributed by atoms with Gasteiger partial charge in [0.05, 0.1) is 12.7 Å². The van der Waals surface area contributed by atoms with Gasteiger partial charge in [-0.15, -0.1) is 0 Å².